The molecular formula is C19H24ClNO. The lowest BCUT2D eigenvalue weighted by atomic mass is 9.95. The molecule has 0 fully saturated rings. The van der Waals surface area contributed by atoms with Gasteiger partial charge in [-0.15, -0.1) is 12.4 Å². The summed E-state index contributed by atoms with van der Waals surface area (Å²) >= 11 is 0. The van der Waals surface area contributed by atoms with Crippen LogP contribution in [-0.2, 0) is 12.8 Å². The molecule has 0 saturated heterocycles. The molecule has 1 aliphatic rings. The highest BCUT2D eigenvalue weighted by Crippen LogP contribution is 2.26. The van der Waals surface area contributed by atoms with Crippen LogP contribution in [0.25, 0.3) is 0 Å². The summed E-state index contributed by atoms with van der Waals surface area (Å²) in [6, 6.07) is 17.1. The van der Waals surface area contributed by atoms with Crippen molar-refractivity contribution in [3.8, 4) is 5.75 Å². The van der Waals surface area contributed by atoms with E-state index in [0.717, 1.165) is 38.3 Å². The lowest BCUT2D eigenvalue weighted by Gasteiger charge is -2.14. The molecule has 0 radical (unpaired) electrons. The van der Waals surface area contributed by atoms with E-state index in [1.165, 1.54) is 16.7 Å². The first-order chi connectivity index (χ1) is 10.3. The Kier molecular flexibility index (Phi) is 6.29. The molecule has 2 aromatic rings. The van der Waals surface area contributed by atoms with Gasteiger partial charge in [-0.2, -0.15) is 0 Å². The molecule has 1 atom stereocenters. The Morgan fingerprint density at radius 1 is 1.14 bits per heavy atom. The zero-order chi connectivity index (χ0) is 14.5. The van der Waals surface area contributed by atoms with Gasteiger partial charge >= 0.3 is 0 Å². The Labute approximate surface area is 139 Å². The topological polar surface area (TPSA) is 21.3 Å². The zero-order valence-electron chi connectivity index (χ0n) is 13.0. The van der Waals surface area contributed by atoms with Crippen LogP contribution in [0.1, 0.15) is 29.5 Å². The van der Waals surface area contributed by atoms with Crippen LogP contribution in [0.4, 0.5) is 0 Å². The molecule has 0 bridgehead atoms. The Bertz CT molecular complexity index is 585. The van der Waals surface area contributed by atoms with Gasteiger partial charge in [0.15, 0.2) is 0 Å². The first kappa shape index (κ1) is 16.9. The molecular weight excluding hydrogens is 294 g/mol. The van der Waals surface area contributed by atoms with Crippen LogP contribution in [0.2, 0.25) is 0 Å². The molecule has 0 saturated carbocycles. The molecule has 118 valence electrons. The van der Waals surface area contributed by atoms with E-state index in [1.54, 1.807) is 0 Å². The molecule has 0 spiro atoms. The smallest absolute Gasteiger partial charge is 0.119 e. The van der Waals surface area contributed by atoms with Crippen molar-refractivity contribution >= 4 is 12.4 Å². The van der Waals surface area contributed by atoms with Crippen LogP contribution in [0.3, 0.4) is 0 Å². The van der Waals surface area contributed by atoms with Gasteiger partial charge in [0, 0.05) is 13.0 Å². The second-order valence-corrected chi connectivity index (χ2v) is 5.80. The molecule has 0 amide bonds. The van der Waals surface area contributed by atoms with Gasteiger partial charge in [-0.25, -0.2) is 0 Å². The van der Waals surface area contributed by atoms with E-state index < -0.39 is 0 Å². The second-order valence-electron chi connectivity index (χ2n) is 5.80. The van der Waals surface area contributed by atoms with Gasteiger partial charge in [0.25, 0.3) is 0 Å². The number of halogens is 1. The summed E-state index contributed by atoms with van der Waals surface area (Å²) < 4.78 is 5.94. The maximum absolute atomic E-state index is 5.94. The van der Waals surface area contributed by atoms with E-state index in [2.05, 4.69) is 54.7 Å². The molecule has 1 unspecified atom stereocenters. The highest BCUT2D eigenvalue weighted by Gasteiger charge is 2.15. The Morgan fingerprint density at radius 2 is 1.95 bits per heavy atom. The maximum atomic E-state index is 5.94. The van der Waals surface area contributed by atoms with Crippen LogP contribution in [0.15, 0.2) is 48.5 Å². The molecule has 1 aliphatic heterocycles. The lowest BCUT2D eigenvalue weighted by molar-refractivity contribution is 0.321. The molecule has 0 aromatic heterocycles. The van der Waals surface area contributed by atoms with Gasteiger partial charge < -0.3 is 10.1 Å². The van der Waals surface area contributed by atoms with Crippen LogP contribution in [0, 0.1) is 0 Å². The van der Waals surface area contributed by atoms with Gasteiger partial charge in [-0.1, -0.05) is 43.3 Å². The van der Waals surface area contributed by atoms with Crippen molar-refractivity contribution in [2.24, 2.45) is 0 Å². The van der Waals surface area contributed by atoms with Crippen molar-refractivity contribution in [1.29, 1.82) is 0 Å². The van der Waals surface area contributed by atoms with Crippen LogP contribution in [-0.4, -0.2) is 19.7 Å². The number of hydrogen-bond acceptors (Lipinski definition) is 2. The van der Waals surface area contributed by atoms with Crippen molar-refractivity contribution in [3.05, 3.63) is 65.2 Å². The van der Waals surface area contributed by atoms with E-state index in [-0.39, 0.29) is 12.4 Å². The summed E-state index contributed by atoms with van der Waals surface area (Å²) in [7, 11) is 0. The second kappa shape index (κ2) is 8.21. The first-order valence-corrected chi connectivity index (χ1v) is 7.83. The fraction of sp³-hybridized carbons (Fsp3) is 0.368. The number of fused-ring (bicyclic) bond motifs is 1. The Morgan fingerprint density at radius 3 is 2.77 bits per heavy atom. The zero-order valence-corrected chi connectivity index (χ0v) is 13.9. The minimum atomic E-state index is 0. The van der Waals surface area contributed by atoms with Crippen molar-refractivity contribution in [2.75, 3.05) is 19.7 Å². The average Bonchev–Trinajstić information content (AvgIpc) is 2.70. The lowest BCUT2D eigenvalue weighted by Crippen LogP contribution is -2.18. The van der Waals surface area contributed by atoms with Crippen molar-refractivity contribution in [1.82, 2.24) is 5.32 Å². The molecule has 2 nitrogen and oxygen atoms in total. The third kappa shape index (κ3) is 4.25. The Balaban J connectivity index is 0.00000176. The number of nitrogens with one attached hydrogen (secondary N) is 1. The number of rotatable bonds is 4. The minimum Gasteiger partial charge on any atom is -0.493 e. The van der Waals surface area contributed by atoms with Crippen molar-refractivity contribution in [2.45, 2.75) is 25.7 Å². The maximum Gasteiger partial charge on any atom is 0.119 e. The molecule has 2 aromatic carbocycles. The third-order valence-electron chi connectivity index (χ3n) is 4.17. The summed E-state index contributed by atoms with van der Waals surface area (Å²) in [6.45, 7) is 5.15. The SMILES string of the molecule is CC1CNCCc2ccc(OCCc3ccccc3)cc21.Cl. The van der Waals surface area contributed by atoms with Crippen molar-refractivity contribution in [3.63, 3.8) is 0 Å². The Hall–Kier alpha value is -1.51. The summed E-state index contributed by atoms with van der Waals surface area (Å²) in [5.74, 6) is 1.55. The minimum absolute atomic E-state index is 0. The third-order valence-corrected chi connectivity index (χ3v) is 4.17. The van der Waals surface area contributed by atoms with Gasteiger partial charge in [-0.05, 0) is 47.7 Å². The fourth-order valence-electron chi connectivity index (χ4n) is 2.93. The predicted octanol–water partition coefficient (Wildman–Crippen LogP) is 3.98. The molecule has 22 heavy (non-hydrogen) atoms. The van der Waals surface area contributed by atoms with Gasteiger partial charge in [0.05, 0.1) is 6.61 Å². The van der Waals surface area contributed by atoms with Gasteiger partial charge in [-0.3, -0.25) is 0 Å². The monoisotopic (exact) mass is 317 g/mol. The molecule has 3 heteroatoms. The van der Waals surface area contributed by atoms with E-state index in [1.807, 2.05) is 6.07 Å². The number of benzene rings is 2. The van der Waals surface area contributed by atoms with E-state index >= 15 is 0 Å². The highest BCUT2D eigenvalue weighted by atomic mass is 35.5. The number of ether oxygens (including phenoxy) is 1. The molecule has 0 aliphatic carbocycles. The van der Waals surface area contributed by atoms with Crippen molar-refractivity contribution < 1.29 is 4.74 Å². The summed E-state index contributed by atoms with van der Waals surface area (Å²) in [5.41, 5.74) is 4.23. The van der Waals surface area contributed by atoms with Crippen LogP contribution >= 0.6 is 12.4 Å². The largest absolute Gasteiger partial charge is 0.493 e. The standard InChI is InChI=1S/C19H23NO.ClH/c1-15-14-20-11-9-17-7-8-18(13-19(15)17)21-12-10-16-5-3-2-4-6-16;/h2-8,13,15,20H,9-12,14H2,1H3;1H. The summed E-state index contributed by atoms with van der Waals surface area (Å²) in [4.78, 5) is 0. The summed E-state index contributed by atoms with van der Waals surface area (Å²) in [6.07, 6.45) is 2.07. The predicted molar refractivity (Wildman–Crippen MR) is 94.3 cm³/mol. The molecule has 1 heterocycles. The van der Waals surface area contributed by atoms with Crippen LogP contribution < -0.4 is 10.1 Å². The normalized spacial score (nSPS) is 17.0. The fourth-order valence-corrected chi connectivity index (χ4v) is 2.93. The van der Waals surface area contributed by atoms with Crippen LogP contribution in [0.5, 0.6) is 5.75 Å². The summed E-state index contributed by atoms with van der Waals surface area (Å²) in [5, 5.41) is 3.49. The first-order valence-electron chi connectivity index (χ1n) is 7.83. The number of hydrogen-bond donors (Lipinski definition) is 1. The highest BCUT2D eigenvalue weighted by molar-refractivity contribution is 5.85. The van der Waals surface area contributed by atoms with Gasteiger partial charge in [0.1, 0.15) is 5.75 Å². The van der Waals surface area contributed by atoms with E-state index in [4.69, 9.17) is 4.74 Å². The average molecular weight is 318 g/mol. The molecule has 1 N–H and O–H groups in total. The van der Waals surface area contributed by atoms with E-state index in [0.29, 0.717) is 5.92 Å². The quantitative estimate of drug-likeness (QED) is 0.921. The van der Waals surface area contributed by atoms with Gasteiger partial charge in [0.2, 0.25) is 0 Å². The van der Waals surface area contributed by atoms with E-state index in [9.17, 15) is 0 Å². The molecule has 3 rings (SSSR count).